The Morgan fingerprint density at radius 2 is 2.04 bits per heavy atom. The highest BCUT2D eigenvalue weighted by molar-refractivity contribution is 5.97. The number of nitrogens with one attached hydrogen (secondary N) is 2. The van der Waals surface area contributed by atoms with Gasteiger partial charge in [0.05, 0.1) is 6.54 Å². The van der Waals surface area contributed by atoms with Gasteiger partial charge in [0.15, 0.2) is 5.82 Å². The van der Waals surface area contributed by atoms with Crippen LogP contribution in [0.1, 0.15) is 15.9 Å². The number of hydrogen-bond acceptors (Lipinski definition) is 5. The molecule has 0 saturated carbocycles. The zero-order valence-corrected chi connectivity index (χ0v) is 15.3. The van der Waals surface area contributed by atoms with Gasteiger partial charge in [0.25, 0.3) is 5.91 Å². The molecule has 0 aliphatic carbocycles. The lowest BCUT2D eigenvalue weighted by Gasteiger charge is -2.26. The number of rotatable bonds is 4. The molecule has 0 saturated heterocycles. The van der Waals surface area contributed by atoms with Gasteiger partial charge in [0.2, 0.25) is 0 Å². The van der Waals surface area contributed by atoms with E-state index in [1.165, 1.54) is 0 Å². The summed E-state index contributed by atoms with van der Waals surface area (Å²) in [5, 5.41) is 17.7. The van der Waals surface area contributed by atoms with Gasteiger partial charge >= 0.3 is 12.0 Å². The number of carbonyl (C=O) groups is 3. The number of aromatic nitrogens is 2. The van der Waals surface area contributed by atoms with E-state index in [0.717, 1.165) is 35.6 Å². The summed E-state index contributed by atoms with van der Waals surface area (Å²) in [4.78, 5) is 38.3. The van der Waals surface area contributed by atoms with E-state index in [1.807, 2.05) is 18.2 Å². The predicted octanol–water partition coefficient (Wildman–Crippen LogP) is 0.869. The molecule has 0 fully saturated rings. The molecule has 2 aliphatic heterocycles. The van der Waals surface area contributed by atoms with Crippen LogP contribution in [0.25, 0.3) is 0 Å². The standard InChI is InChI=1S/C18H20N6O4/c1-22-5-4-11-8-12(2-3-13(11)17(22)27)23-6-7-24-15(23)9-14(21-24)20-18(28)19-10-16(25)26/h2-3,8-9H,4-7,10H2,1H3,(H,25,26)(H2,19,20,21,28). The lowest BCUT2D eigenvalue weighted by atomic mass is 9.98. The number of carbonyl (C=O) groups excluding carboxylic acids is 2. The minimum absolute atomic E-state index is 0.0399. The minimum atomic E-state index is -1.12. The third-order valence-electron chi connectivity index (χ3n) is 4.91. The maximum absolute atomic E-state index is 12.3. The van der Waals surface area contributed by atoms with Crippen LogP contribution in [0.3, 0.4) is 0 Å². The van der Waals surface area contributed by atoms with Crippen molar-refractivity contribution in [3.63, 3.8) is 0 Å². The van der Waals surface area contributed by atoms with E-state index in [-0.39, 0.29) is 5.91 Å². The number of aliphatic carboxylic acids is 1. The van der Waals surface area contributed by atoms with Gasteiger partial charge in [-0.25, -0.2) is 9.48 Å². The summed E-state index contributed by atoms with van der Waals surface area (Å²) >= 11 is 0. The number of fused-ring (bicyclic) bond motifs is 2. The lowest BCUT2D eigenvalue weighted by molar-refractivity contribution is -0.135. The first-order valence-electron chi connectivity index (χ1n) is 8.93. The Labute approximate surface area is 160 Å². The van der Waals surface area contributed by atoms with E-state index in [9.17, 15) is 14.4 Å². The van der Waals surface area contributed by atoms with Gasteiger partial charge in [-0.2, -0.15) is 5.10 Å². The van der Waals surface area contributed by atoms with Crippen LogP contribution in [-0.2, 0) is 17.8 Å². The topological polar surface area (TPSA) is 120 Å². The van der Waals surface area contributed by atoms with Crippen LogP contribution in [0.5, 0.6) is 0 Å². The molecule has 0 unspecified atom stereocenters. The number of hydrogen-bond donors (Lipinski definition) is 3. The summed E-state index contributed by atoms with van der Waals surface area (Å²) in [5.74, 6) is 0.0916. The molecule has 28 heavy (non-hydrogen) atoms. The summed E-state index contributed by atoms with van der Waals surface area (Å²) in [6.45, 7) is 1.63. The Hall–Kier alpha value is -3.56. The molecule has 1 aromatic carbocycles. The van der Waals surface area contributed by atoms with Crippen LogP contribution in [0.4, 0.5) is 22.1 Å². The zero-order valence-electron chi connectivity index (χ0n) is 15.3. The molecule has 4 rings (SSSR count). The van der Waals surface area contributed by atoms with E-state index in [4.69, 9.17) is 5.11 Å². The van der Waals surface area contributed by atoms with Crippen molar-refractivity contribution >= 4 is 35.2 Å². The van der Waals surface area contributed by atoms with Gasteiger partial charge in [-0.05, 0) is 30.2 Å². The van der Waals surface area contributed by atoms with Crippen LogP contribution in [0.15, 0.2) is 24.3 Å². The molecule has 2 aliphatic rings. The van der Waals surface area contributed by atoms with Crippen LogP contribution in [0.2, 0.25) is 0 Å². The Balaban J connectivity index is 1.52. The number of carboxylic acid groups (broad SMARTS) is 1. The fourth-order valence-electron chi connectivity index (χ4n) is 3.50. The van der Waals surface area contributed by atoms with E-state index in [0.29, 0.717) is 18.9 Å². The first-order chi connectivity index (χ1) is 13.4. The maximum atomic E-state index is 12.3. The molecule has 1 aromatic heterocycles. The molecule has 0 spiro atoms. The lowest BCUT2D eigenvalue weighted by Crippen LogP contribution is -2.34. The number of benzene rings is 1. The molecule has 0 bridgehead atoms. The zero-order chi connectivity index (χ0) is 19.8. The van der Waals surface area contributed by atoms with Crippen molar-refractivity contribution in [2.45, 2.75) is 13.0 Å². The highest BCUT2D eigenvalue weighted by atomic mass is 16.4. The van der Waals surface area contributed by atoms with Gasteiger partial charge in [-0.15, -0.1) is 0 Å². The third kappa shape index (κ3) is 3.24. The average molecular weight is 384 g/mol. The second kappa shape index (κ2) is 6.87. The SMILES string of the molecule is CN1CCc2cc(N3CCn4nc(NC(=O)NCC(=O)O)cc43)ccc2C1=O. The second-order valence-corrected chi connectivity index (χ2v) is 6.78. The van der Waals surface area contributed by atoms with E-state index >= 15 is 0 Å². The third-order valence-corrected chi connectivity index (χ3v) is 4.91. The highest BCUT2D eigenvalue weighted by Crippen LogP contribution is 2.33. The number of likely N-dealkylation sites (N-methyl/N-ethyl adjacent to an activating group) is 1. The molecule has 3 heterocycles. The van der Waals surface area contributed by atoms with Crippen molar-refractivity contribution in [2.75, 3.05) is 36.9 Å². The van der Waals surface area contributed by atoms with Gasteiger partial charge in [0.1, 0.15) is 12.4 Å². The van der Waals surface area contributed by atoms with Gasteiger partial charge in [-0.3, -0.25) is 14.9 Å². The van der Waals surface area contributed by atoms with E-state index in [1.54, 1.807) is 22.7 Å². The number of anilines is 3. The number of nitrogens with zero attached hydrogens (tertiary/aromatic N) is 4. The van der Waals surface area contributed by atoms with Crippen LogP contribution in [0, 0.1) is 0 Å². The van der Waals surface area contributed by atoms with Crippen molar-refractivity contribution in [1.82, 2.24) is 20.0 Å². The Morgan fingerprint density at radius 1 is 1.21 bits per heavy atom. The molecule has 146 valence electrons. The molecule has 10 nitrogen and oxygen atoms in total. The highest BCUT2D eigenvalue weighted by Gasteiger charge is 2.26. The van der Waals surface area contributed by atoms with Gasteiger partial charge in [0, 0.05) is 37.5 Å². The number of amides is 3. The van der Waals surface area contributed by atoms with Gasteiger partial charge < -0.3 is 20.2 Å². The molecule has 0 radical (unpaired) electrons. The summed E-state index contributed by atoms with van der Waals surface area (Å²) in [6, 6.07) is 6.94. The Bertz CT molecular complexity index is 969. The monoisotopic (exact) mass is 384 g/mol. The van der Waals surface area contributed by atoms with Crippen molar-refractivity contribution < 1.29 is 19.5 Å². The molecule has 10 heteroatoms. The molecule has 2 aromatic rings. The quantitative estimate of drug-likeness (QED) is 0.720. The average Bonchev–Trinajstić information content (AvgIpc) is 3.23. The van der Waals surface area contributed by atoms with Gasteiger partial charge in [-0.1, -0.05) is 0 Å². The normalized spacial score (nSPS) is 15.2. The van der Waals surface area contributed by atoms with Crippen molar-refractivity contribution in [1.29, 1.82) is 0 Å². The smallest absolute Gasteiger partial charge is 0.323 e. The largest absolute Gasteiger partial charge is 0.480 e. The number of carboxylic acids is 1. The molecule has 3 amide bonds. The fraction of sp³-hybridized carbons (Fsp3) is 0.333. The maximum Gasteiger partial charge on any atom is 0.323 e. The van der Waals surface area contributed by atoms with Crippen molar-refractivity contribution in [3.8, 4) is 0 Å². The predicted molar refractivity (Wildman–Crippen MR) is 101 cm³/mol. The Kier molecular flexibility index (Phi) is 4.38. The molecular formula is C18H20N6O4. The number of urea groups is 1. The fourth-order valence-corrected chi connectivity index (χ4v) is 3.50. The van der Waals surface area contributed by atoms with E-state index in [2.05, 4.69) is 20.6 Å². The minimum Gasteiger partial charge on any atom is -0.480 e. The molecule has 0 atom stereocenters. The van der Waals surface area contributed by atoms with Crippen molar-refractivity contribution in [3.05, 3.63) is 35.4 Å². The van der Waals surface area contributed by atoms with Crippen molar-refractivity contribution in [2.24, 2.45) is 0 Å². The van der Waals surface area contributed by atoms with Crippen LogP contribution < -0.4 is 15.5 Å². The van der Waals surface area contributed by atoms with E-state index < -0.39 is 18.5 Å². The molecule has 3 N–H and O–H groups in total. The summed E-state index contributed by atoms with van der Waals surface area (Å²) in [6.07, 6.45) is 0.815. The first-order valence-corrected chi connectivity index (χ1v) is 8.93. The Morgan fingerprint density at radius 3 is 2.82 bits per heavy atom. The molecular weight excluding hydrogens is 364 g/mol. The summed E-state index contributed by atoms with van der Waals surface area (Å²) in [7, 11) is 1.80. The van der Waals surface area contributed by atoms with Crippen LogP contribution in [-0.4, -0.2) is 64.4 Å². The summed E-state index contributed by atoms with van der Waals surface area (Å²) < 4.78 is 1.78. The summed E-state index contributed by atoms with van der Waals surface area (Å²) in [5.41, 5.74) is 2.74. The first kappa shape index (κ1) is 17.8. The van der Waals surface area contributed by atoms with Crippen LogP contribution >= 0.6 is 0 Å². The second-order valence-electron chi connectivity index (χ2n) is 6.78.